The standard InChI is InChI=1S/C25H22N6O3.ClH/c32-24(33)23(14-18-16-27-22-12-5-4-11-21(18)22)26-15-17-7-6-10-20(13-17)34-25-28-29-30-31(25)19-8-2-1-3-9-19;/h1-13,16,23,26-27H,14-15H2,(H,32,33);1H. The molecule has 0 aliphatic heterocycles. The lowest BCUT2D eigenvalue weighted by molar-refractivity contribution is -0.139. The fourth-order valence-electron chi connectivity index (χ4n) is 3.81. The number of nitrogens with one attached hydrogen (secondary N) is 2. The fraction of sp³-hybridized carbons (Fsp3) is 0.120. The molecule has 2 heterocycles. The summed E-state index contributed by atoms with van der Waals surface area (Å²) in [5, 5.41) is 25.6. The van der Waals surface area contributed by atoms with Crippen molar-refractivity contribution in [1.82, 2.24) is 30.5 Å². The topological polar surface area (TPSA) is 118 Å². The number of halogens is 1. The molecule has 178 valence electrons. The molecule has 0 saturated carbocycles. The Labute approximate surface area is 207 Å². The highest BCUT2D eigenvalue weighted by Crippen LogP contribution is 2.23. The molecule has 1 atom stereocenters. The normalized spacial score (nSPS) is 11.7. The predicted molar refractivity (Wildman–Crippen MR) is 133 cm³/mol. The van der Waals surface area contributed by atoms with Gasteiger partial charge in [0.25, 0.3) is 0 Å². The number of aromatic amines is 1. The third kappa shape index (κ3) is 5.48. The predicted octanol–water partition coefficient (Wildman–Crippen LogP) is 4.14. The van der Waals surface area contributed by atoms with Crippen LogP contribution in [0.1, 0.15) is 11.1 Å². The van der Waals surface area contributed by atoms with Gasteiger partial charge in [-0.2, -0.15) is 4.68 Å². The summed E-state index contributed by atoms with van der Waals surface area (Å²) in [6, 6.07) is 24.2. The van der Waals surface area contributed by atoms with E-state index in [1.54, 1.807) is 6.07 Å². The van der Waals surface area contributed by atoms with Crippen LogP contribution in [0.5, 0.6) is 11.8 Å². The Hall–Kier alpha value is -4.21. The maximum atomic E-state index is 11.9. The summed E-state index contributed by atoms with van der Waals surface area (Å²) in [5.41, 5.74) is 3.60. The van der Waals surface area contributed by atoms with Crippen LogP contribution in [0, 0.1) is 0 Å². The summed E-state index contributed by atoms with van der Waals surface area (Å²) in [5.74, 6) is -0.352. The molecule has 5 aromatic rings. The first-order chi connectivity index (χ1) is 16.7. The van der Waals surface area contributed by atoms with Crippen LogP contribution in [0.15, 0.2) is 85.1 Å². The number of H-pyrrole nitrogens is 1. The molecule has 3 aromatic carbocycles. The number of carboxylic acids is 1. The molecule has 10 heteroatoms. The average Bonchev–Trinajstić information content (AvgIpc) is 3.49. The summed E-state index contributed by atoms with van der Waals surface area (Å²) in [6.07, 6.45) is 2.23. The van der Waals surface area contributed by atoms with Crippen LogP contribution in [-0.4, -0.2) is 42.3 Å². The molecular formula is C25H23ClN6O3. The van der Waals surface area contributed by atoms with Gasteiger partial charge in [-0.25, -0.2) is 0 Å². The van der Waals surface area contributed by atoms with E-state index in [1.165, 1.54) is 4.68 Å². The molecule has 3 N–H and O–H groups in total. The molecular weight excluding hydrogens is 468 g/mol. The molecule has 0 aliphatic rings. The zero-order valence-electron chi connectivity index (χ0n) is 18.5. The molecule has 0 fully saturated rings. The maximum Gasteiger partial charge on any atom is 0.345 e. The third-order valence-electron chi connectivity index (χ3n) is 5.50. The summed E-state index contributed by atoms with van der Waals surface area (Å²) < 4.78 is 7.42. The van der Waals surface area contributed by atoms with Gasteiger partial charge in [0.05, 0.1) is 5.69 Å². The van der Waals surface area contributed by atoms with E-state index in [4.69, 9.17) is 4.74 Å². The summed E-state index contributed by atoms with van der Waals surface area (Å²) >= 11 is 0. The second kappa shape index (κ2) is 10.8. The second-order valence-corrected chi connectivity index (χ2v) is 7.79. The van der Waals surface area contributed by atoms with Crippen molar-refractivity contribution in [2.24, 2.45) is 0 Å². The van der Waals surface area contributed by atoms with Gasteiger partial charge >= 0.3 is 12.0 Å². The minimum absolute atomic E-state index is 0. The zero-order chi connectivity index (χ0) is 23.3. The van der Waals surface area contributed by atoms with Crippen molar-refractivity contribution in [1.29, 1.82) is 0 Å². The second-order valence-electron chi connectivity index (χ2n) is 7.79. The van der Waals surface area contributed by atoms with Gasteiger partial charge in [0.2, 0.25) is 0 Å². The molecule has 35 heavy (non-hydrogen) atoms. The lowest BCUT2D eigenvalue weighted by atomic mass is 10.0. The van der Waals surface area contributed by atoms with Gasteiger partial charge in [-0.05, 0) is 51.9 Å². The van der Waals surface area contributed by atoms with E-state index in [9.17, 15) is 9.90 Å². The smallest absolute Gasteiger partial charge is 0.345 e. The number of aliphatic carboxylic acids is 1. The van der Waals surface area contributed by atoms with E-state index in [1.807, 2.05) is 79.0 Å². The molecule has 2 aromatic heterocycles. The fourth-order valence-corrected chi connectivity index (χ4v) is 3.81. The first kappa shape index (κ1) is 23.9. The molecule has 5 rings (SSSR count). The average molecular weight is 491 g/mol. The van der Waals surface area contributed by atoms with Crippen molar-refractivity contribution >= 4 is 29.3 Å². The Morgan fingerprint density at radius 2 is 1.86 bits per heavy atom. The van der Waals surface area contributed by atoms with Crippen molar-refractivity contribution in [3.05, 3.63) is 96.2 Å². The van der Waals surface area contributed by atoms with E-state index >= 15 is 0 Å². The van der Waals surface area contributed by atoms with E-state index in [0.717, 1.165) is 27.7 Å². The number of benzene rings is 3. The van der Waals surface area contributed by atoms with Crippen molar-refractivity contribution in [3.63, 3.8) is 0 Å². The van der Waals surface area contributed by atoms with E-state index in [0.29, 0.717) is 18.7 Å². The van der Waals surface area contributed by atoms with Crippen molar-refractivity contribution in [2.75, 3.05) is 0 Å². The van der Waals surface area contributed by atoms with Crippen LogP contribution in [0.25, 0.3) is 16.6 Å². The highest BCUT2D eigenvalue weighted by molar-refractivity contribution is 5.85. The van der Waals surface area contributed by atoms with Crippen LogP contribution in [0.3, 0.4) is 0 Å². The molecule has 9 nitrogen and oxygen atoms in total. The molecule has 0 saturated heterocycles. The van der Waals surface area contributed by atoms with Gasteiger partial charge in [-0.3, -0.25) is 4.79 Å². The number of hydrogen-bond donors (Lipinski definition) is 3. The number of hydrogen-bond acceptors (Lipinski definition) is 6. The van der Waals surface area contributed by atoms with Gasteiger partial charge in [0.15, 0.2) is 0 Å². The molecule has 0 amide bonds. The Bertz CT molecular complexity index is 1420. The van der Waals surface area contributed by atoms with E-state index in [2.05, 4.69) is 25.8 Å². The number of para-hydroxylation sites is 2. The zero-order valence-corrected chi connectivity index (χ0v) is 19.4. The van der Waals surface area contributed by atoms with Crippen molar-refractivity contribution in [3.8, 4) is 17.4 Å². The number of nitrogens with zero attached hydrogens (tertiary/aromatic N) is 4. The number of aromatic nitrogens is 5. The summed E-state index contributed by atoms with van der Waals surface area (Å²) in [7, 11) is 0. The van der Waals surface area contributed by atoms with E-state index < -0.39 is 12.0 Å². The first-order valence-electron chi connectivity index (χ1n) is 10.8. The Balaban J connectivity index is 0.00000289. The summed E-state index contributed by atoms with van der Waals surface area (Å²) in [6.45, 7) is 0.361. The van der Waals surface area contributed by atoms with Crippen LogP contribution in [-0.2, 0) is 17.8 Å². The van der Waals surface area contributed by atoms with Gasteiger partial charge in [0, 0.05) is 30.1 Å². The lowest BCUT2D eigenvalue weighted by Gasteiger charge is -2.15. The Morgan fingerprint density at radius 1 is 1.06 bits per heavy atom. The number of carboxylic acid groups (broad SMARTS) is 1. The van der Waals surface area contributed by atoms with Crippen LogP contribution < -0.4 is 10.1 Å². The Kier molecular flexibility index (Phi) is 7.39. The quantitative estimate of drug-likeness (QED) is 0.284. The lowest BCUT2D eigenvalue weighted by Crippen LogP contribution is -2.38. The van der Waals surface area contributed by atoms with Crippen LogP contribution >= 0.6 is 12.4 Å². The summed E-state index contributed by atoms with van der Waals surface area (Å²) in [4.78, 5) is 15.1. The van der Waals surface area contributed by atoms with Gasteiger partial charge in [-0.15, -0.1) is 12.4 Å². The van der Waals surface area contributed by atoms with Crippen LogP contribution in [0.4, 0.5) is 0 Å². The van der Waals surface area contributed by atoms with E-state index in [-0.39, 0.29) is 18.4 Å². The number of tetrazole rings is 1. The molecule has 0 radical (unpaired) electrons. The molecule has 0 bridgehead atoms. The number of carbonyl (C=O) groups is 1. The highest BCUT2D eigenvalue weighted by Gasteiger charge is 2.19. The number of rotatable bonds is 9. The third-order valence-corrected chi connectivity index (χ3v) is 5.50. The monoisotopic (exact) mass is 490 g/mol. The number of fused-ring (bicyclic) bond motifs is 1. The maximum absolute atomic E-state index is 11.9. The highest BCUT2D eigenvalue weighted by atomic mass is 35.5. The van der Waals surface area contributed by atoms with Gasteiger partial charge in [0.1, 0.15) is 11.8 Å². The SMILES string of the molecule is Cl.O=C(O)C(Cc1c[nH]c2ccccc12)NCc1cccc(Oc2nnnn2-c2ccccc2)c1. The first-order valence-corrected chi connectivity index (χ1v) is 10.8. The molecule has 0 aliphatic carbocycles. The number of ether oxygens (including phenoxy) is 1. The Morgan fingerprint density at radius 3 is 2.69 bits per heavy atom. The minimum atomic E-state index is -0.903. The van der Waals surface area contributed by atoms with Crippen LogP contribution in [0.2, 0.25) is 0 Å². The van der Waals surface area contributed by atoms with Crippen molar-refractivity contribution in [2.45, 2.75) is 19.0 Å². The van der Waals surface area contributed by atoms with Crippen molar-refractivity contribution < 1.29 is 14.6 Å². The molecule has 1 unspecified atom stereocenters. The minimum Gasteiger partial charge on any atom is -0.480 e. The van der Waals surface area contributed by atoms with Gasteiger partial charge in [-0.1, -0.05) is 53.6 Å². The largest absolute Gasteiger partial charge is 0.480 e. The van der Waals surface area contributed by atoms with Gasteiger partial charge < -0.3 is 20.1 Å². The molecule has 0 spiro atoms.